The van der Waals surface area contributed by atoms with Crippen LogP contribution in [0.25, 0.3) is 0 Å². The first kappa shape index (κ1) is 23.2. The SMILES string of the molecule is CN(C)C1C(=O)C(C(N)=O)C(=O)[C@@]2(O)C(=O)C3C(=O)c4c(O)cccc4[C@@](C)(O)C3C(O)C12. The van der Waals surface area contributed by atoms with Gasteiger partial charge in [0.05, 0.1) is 35.1 Å². The summed E-state index contributed by atoms with van der Waals surface area (Å²) in [6, 6.07) is 2.40. The summed E-state index contributed by atoms with van der Waals surface area (Å²) in [5.41, 5.74) is -0.350. The van der Waals surface area contributed by atoms with E-state index < -0.39 is 81.8 Å². The number of primary amides is 1. The van der Waals surface area contributed by atoms with Gasteiger partial charge in [-0.2, -0.15) is 0 Å². The number of amides is 1. The number of hydrogen-bond donors (Lipinski definition) is 5. The highest BCUT2D eigenvalue weighted by Gasteiger charge is 2.74. The summed E-state index contributed by atoms with van der Waals surface area (Å²) in [6.07, 6.45) is -1.90. The minimum absolute atomic E-state index is 0.0454. The zero-order chi connectivity index (χ0) is 24.8. The third-order valence-electron chi connectivity index (χ3n) is 7.40. The normalized spacial score (nSPS) is 40.3. The summed E-state index contributed by atoms with van der Waals surface area (Å²) in [4.78, 5) is 66.4. The molecule has 2 fully saturated rings. The van der Waals surface area contributed by atoms with Crippen molar-refractivity contribution in [2.45, 2.75) is 30.3 Å². The molecule has 8 atom stereocenters. The molecule has 4 rings (SSSR count). The number of ketones is 4. The first-order valence-corrected chi connectivity index (χ1v) is 10.3. The predicted octanol–water partition coefficient (Wildman–Crippen LogP) is -2.50. The molecule has 0 aromatic heterocycles. The molecule has 176 valence electrons. The Morgan fingerprint density at radius 2 is 1.67 bits per heavy atom. The number of carbonyl (C=O) groups is 5. The number of carbonyl (C=O) groups excluding carboxylic acids is 5. The van der Waals surface area contributed by atoms with E-state index in [-0.39, 0.29) is 11.1 Å². The third-order valence-corrected chi connectivity index (χ3v) is 7.40. The summed E-state index contributed by atoms with van der Waals surface area (Å²) in [5.74, 6) is -14.2. The standard InChI is InChI=1S/C22H24N2O9/c1-21(32)7-5-4-6-8(25)9(7)15(26)10-12(21)17(28)13-14(24(2)3)16(27)11(20(23)31)19(30)22(13,33)18(10)29/h4-6,10-14,17,25,28,32-33H,1-3H3,(H2,23,31)/t10?,11?,12?,13?,14?,17?,21-,22+/m1/s1. The number of aromatic hydroxyl groups is 1. The highest BCUT2D eigenvalue weighted by Crippen LogP contribution is 2.55. The zero-order valence-electron chi connectivity index (χ0n) is 18.1. The monoisotopic (exact) mass is 460 g/mol. The van der Waals surface area contributed by atoms with Crippen LogP contribution in [0.15, 0.2) is 18.2 Å². The molecule has 0 spiro atoms. The minimum Gasteiger partial charge on any atom is -0.507 e. The fraction of sp³-hybridized carbons (Fsp3) is 0.500. The molecule has 3 aliphatic carbocycles. The molecule has 0 aliphatic heterocycles. The molecule has 3 aliphatic rings. The number of nitrogens with two attached hydrogens (primary N) is 1. The van der Waals surface area contributed by atoms with Crippen LogP contribution in [-0.4, -0.2) is 86.2 Å². The van der Waals surface area contributed by atoms with E-state index in [9.17, 15) is 44.4 Å². The van der Waals surface area contributed by atoms with E-state index in [0.29, 0.717) is 0 Å². The quantitative estimate of drug-likeness (QED) is 0.294. The molecule has 0 radical (unpaired) electrons. The second-order valence-electron chi connectivity index (χ2n) is 9.37. The molecule has 6 N–H and O–H groups in total. The Morgan fingerprint density at radius 3 is 2.21 bits per heavy atom. The largest absolute Gasteiger partial charge is 0.507 e. The summed E-state index contributed by atoms with van der Waals surface area (Å²) in [7, 11) is 2.77. The van der Waals surface area contributed by atoms with E-state index in [1.54, 1.807) is 0 Å². The van der Waals surface area contributed by atoms with Gasteiger partial charge in [0.2, 0.25) is 5.91 Å². The molecule has 1 amide bonds. The second kappa shape index (κ2) is 7.00. The Bertz CT molecular complexity index is 1130. The van der Waals surface area contributed by atoms with Gasteiger partial charge in [-0.1, -0.05) is 12.1 Å². The van der Waals surface area contributed by atoms with E-state index in [4.69, 9.17) is 5.73 Å². The lowest BCUT2D eigenvalue weighted by Crippen LogP contribution is -2.78. The van der Waals surface area contributed by atoms with Crippen molar-refractivity contribution in [1.29, 1.82) is 0 Å². The number of rotatable bonds is 2. The van der Waals surface area contributed by atoms with Crippen molar-refractivity contribution < 1.29 is 44.4 Å². The Labute approximate surface area is 187 Å². The number of phenols is 1. The average molecular weight is 460 g/mol. The number of hydrogen-bond acceptors (Lipinski definition) is 10. The highest BCUT2D eigenvalue weighted by molar-refractivity contribution is 6.32. The minimum atomic E-state index is -3.10. The van der Waals surface area contributed by atoms with Crippen molar-refractivity contribution in [1.82, 2.24) is 4.90 Å². The summed E-state index contributed by atoms with van der Waals surface area (Å²) in [5, 5.41) is 44.5. The van der Waals surface area contributed by atoms with E-state index in [0.717, 1.165) is 0 Å². The Morgan fingerprint density at radius 1 is 1.06 bits per heavy atom. The van der Waals surface area contributed by atoms with Gasteiger partial charge in [0.1, 0.15) is 5.75 Å². The number of aliphatic hydroxyl groups excluding tert-OH is 1. The van der Waals surface area contributed by atoms with Gasteiger partial charge in [0, 0.05) is 5.92 Å². The number of fused-ring (bicyclic) bond motifs is 3. The Balaban J connectivity index is 2.01. The van der Waals surface area contributed by atoms with Crippen LogP contribution in [0, 0.1) is 23.7 Å². The summed E-state index contributed by atoms with van der Waals surface area (Å²) >= 11 is 0. The molecule has 11 heteroatoms. The van der Waals surface area contributed by atoms with Gasteiger partial charge in [-0.3, -0.25) is 28.9 Å². The number of likely N-dealkylation sites (N-methyl/N-ethyl adjacent to an activating group) is 1. The predicted molar refractivity (Wildman–Crippen MR) is 109 cm³/mol. The number of phenolic OH excluding ortho intramolecular Hbond substituents is 1. The molecule has 1 aromatic rings. The molecule has 1 aromatic carbocycles. The van der Waals surface area contributed by atoms with Crippen LogP contribution in [0.4, 0.5) is 0 Å². The first-order valence-electron chi connectivity index (χ1n) is 10.3. The van der Waals surface area contributed by atoms with E-state index >= 15 is 0 Å². The molecule has 11 nitrogen and oxygen atoms in total. The molecular formula is C22H24N2O9. The summed E-state index contributed by atoms with van der Waals surface area (Å²) < 4.78 is 0. The van der Waals surface area contributed by atoms with Crippen LogP contribution in [0.1, 0.15) is 22.8 Å². The lowest BCUT2D eigenvalue weighted by atomic mass is 9.48. The second-order valence-corrected chi connectivity index (χ2v) is 9.37. The molecular weight excluding hydrogens is 436 g/mol. The van der Waals surface area contributed by atoms with Gasteiger partial charge in [-0.25, -0.2) is 0 Å². The number of aliphatic hydroxyl groups is 3. The smallest absolute Gasteiger partial charge is 0.235 e. The van der Waals surface area contributed by atoms with E-state index in [2.05, 4.69) is 0 Å². The molecule has 0 bridgehead atoms. The van der Waals surface area contributed by atoms with Crippen LogP contribution in [-0.2, 0) is 24.8 Å². The van der Waals surface area contributed by atoms with Crippen molar-refractivity contribution in [2.75, 3.05) is 14.1 Å². The number of nitrogens with zero attached hydrogens (tertiary/aromatic N) is 1. The fourth-order valence-electron chi connectivity index (χ4n) is 5.97. The maximum atomic E-state index is 13.7. The van der Waals surface area contributed by atoms with Gasteiger partial charge in [0.15, 0.2) is 34.7 Å². The van der Waals surface area contributed by atoms with Crippen LogP contribution in [0.5, 0.6) is 5.75 Å². The van der Waals surface area contributed by atoms with E-state index in [1.165, 1.54) is 44.1 Å². The number of Topliss-reactive ketones (excluding diaryl/α,β-unsaturated/α-hetero) is 4. The van der Waals surface area contributed by atoms with Crippen molar-refractivity contribution in [3.63, 3.8) is 0 Å². The average Bonchev–Trinajstić information content (AvgIpc) is 2.70. The van der Waals surface area contributed by atoms with Crippen molar-refractivity contribution in [3.8, 4) is 5.75 Å². The van der Waals surface area contributed by atoms with Gasteiger partial charge >= 0.3 is 0 Å². The van der Waals surface area contributed by atoms with Crippen LogP contribution in [0.2, 0.25) is 0 Å². The van der Waals surface area contributed by atoms with Gasteiger partial charge < -0.3 is 26.2 Å². The number of benzene rings is 1. The van der Waals surface area contributed by atoms with E-state index in [1.807, 2.05) is 0 Å². The molecule has 33 heavy (non-hydrogen) atoms. The van der Waals surface area contributed by atoms with Crippen molar-refractivity contribution in [2.24, 2.45) is 29.4 Å². The first-order chi connectivity index (χ1) is 15.2. The lowest BCUT2D eigenvalue weighted by Gasteiger charge is -2.57. The van der Waals surface area contributed by atoms with Gasteiger partial charge in [-0.05, 0) is 32.6 Å². The van der Waals surface area contributed by atoms with Crippen LogP contribution in [0.3, 0.4) is 0 Å². The van der Waals surface area contributed by atoms with Crippen molar-refractivity contribution >= 4 is 29.0 Å². The zero-order valence-corrected chi connectivity index (χ0v) is 18.1. The van der Waals surface area contributed by atoms with Crippen LogP contribution >= 0.6 is 0 Å². The Kier molecular flexibility index (Phi) is 4.92. The Hall–Kier alpha value is -2.99. The molecule has 6 unspecified atom stereocenters. The fourth-order valence-corrected chi connectivity index (χ4v) is 5.97. The molecule has 0 heterocycles. The summed E-state index contributed by atoms with van der Waals surface area (Å²) in [6.45, 7) is 1.24. The van der Waals surface area contributed by atoms with Crippen molar-refractivity contribution in [3.05, 3.63) is 29.3 Å². The lowest BCUT2D eigenvalue weighted by molar-refractivity contribution is -0.210. The molecule has 0 saturated heterocycles. The molecule has 2 saturated carbocycles. The van der Waals surface area contributed by atoms with Crippen LogP contribution < -0.4 is 5.73 Å². The third kappa shape index (κ3) is 2.67. The maximum Gasteiger partial charge on any atom is 0.235 e. The van der Waals surface area contributed by atoms with Gasteiger partial charge in [0.25, 0.3) is 0 Å². The van der Waals surface area contributed by atoms with Gasteiger partial charge in [-0.15, -0.1) is 0 Å². The highest BCUT2D eigenvalue weighted by atomic mass is 16.3. The topological polar surface area (TPSA) is 196 Å². The maximum absolute atomic E-state index is 13.7.